The molecule has 1 heterocycles. The van der Waals surface area contributed by atoms with Crippen molar-refractivity contribution in [1.82, 2.24) is 0 Å². The number of nitrogens with zero attached hydrogens (tertiary/aromatic N) is 2. The van der Waals surface area contributed by atoms with Crippen LogP contribution in [-0.2, 0) is 10.1 Å². The van der Waals surface area contributed by atoms with Crippen LogP contribution in [0.25, 0.3) is 0 Å². The van der Waals surface area contributed by atoms with Gasteiger partial charge in [0.2, 0.25) is 0 Å². The van der Waals surface area contributed by atoms with E-state index >= 15 is 0 Å². The van der Waals surface area contributed by atoms with Gasteiger partial charge in [0, 0.05) is 0 Å². The maximum Gasteiger partial charge on any atom is 0.485 e. The number of rotatable bonds is 3. The first kappa shape index (κ1) is 33.0. The van der Waals surface area contributed by atoms with Crippen molar-refractivity contribution in [3.8, 4) is 0 Å². The summed E-state index contributed by atoms with van der Waals surface area (Å²) in [5.41, 5.74) is 9.38. The number of nitrogens with one attached hydrogen (secondary N) is 1. The van der Waals surface area contributed by atoms with Crippen LogP contribution in [0.4, 0.5) is 30.2 Å². The fourth-order valence-corrected chi connectivity index (χ4v) is 10.2. The van der Waals surface area contributed by atoms with Gasteiger partial charge in [0.05, 0.1) is 0 Å². The molecule has 0 saturated carbocycles. The first-order valence-corrected chi connectivity index (χ1v) is 18.3. The average Bonchev–Trinajstić information content (AvgIpc) is 2.78. The van der Waals surface area contributed by atoms with Gasteiger partial charge < -0.3 is 4.55 Å². The molecule has 0 amide bonds. The Balaban J connectivity index is 0.000000507. The summed E-state index contributed by atoms with van der Waals surface area (Å²) in [7, 11) is 1.23. The van der Waals surface area contributed by atoms with E-state index < -0.39 is 29.8 Å². The molecule has 0 saturated heterocycles. The Morgan fingerprint density at radius 1 is 0.756 bits per heavy atom. The number of hydrogen-bond donors (Lipinski definition) is 1. The molecule has 1 aliphatic heterocycles. The molecular weight excluding hydrogens is 638 g/mol. The van der Waals surface area contributed by atoms with Crippen LogP contribution in [0.15, 0.2) is 36.4 Å². The Kier molecular flexibility index (Phi) is 9.65. The maximum atomic E-state index is 10.7. The Labute approximate surface area is 249 Å². The molecule has 1 atom stereocenters. The summed E-state index contributed by atoms with van der Waals surface area (Å²) >= 11 is -2.08. The van der Waals surface area contributed by atoms with Gasteiger partial charge in [0.1, 0.15) is 0 Å². The van der Waals surface area contributed by atoms with E-state index in [-0.39, 0.29) is 0 Å². The topological polar surface area (TPSA) is 75.5 Å². The van der Waals surface area contributed by atoms with E-state index in [1.807, 2.05) is 0 Å². The minimum atomic E-state index is -6.09. The molecule has 222 valence electrons. The Hall–Kier alpha value is -2.52. The van der Waals surface area contributed by atoms with Crippen molar-refractivity contribution in [2.24, 2.45) is 0 Å². The molecule has 41 heavy (non-hydrogen) atoms. The summed E-state index contributed by atoms with van der Waals surface area (Å²) in [6, 6.07) is 13.5. The van der Waals surface area contributed by atoms with E-state index in [0.29, 0.717) is 0 Å². The van der Waals surface area contributed by atoms with Crippen molar-refractivity contribution in [3.05, 3.63) is 86.5 Å². The summed E-state index contributed by atoms with van der Waals surface area (Å²) in [4.78, 5) is 0. The number of anilines is 2. The summed E-state index contributed by atoms with van der Waals surface area (Å²) in [6.07, 6.45) is 0. The van der Waals surface area contributed by atoms with E-state index in [1.54, 1.807) is 0 Å². The molecule has 4 rings (SSSR count). The second kappa shape index (κ2) is 12.0. The minimum Gasteiger partial charge on any atom is -0.741 e. The molecule has 1 N–H and O–H groups in total. The van der Waals surface area contributed by atoms with Gasteiger partial charge >= 0.3 is 214 Å². The van der Waals surface area contributed by atoms with Gasteiger partial charge in [-0.3, -0.25) is 0 Å². The normalized spacial score (nSPS) is 15.4. The monoisotopic (exact) mass is 671 g/mol. The van der Waals surface area contributed by atoms with Gasteiger partial charge in [-0.05, 0) is 0 Å². The molecular formula is C29H34AsClF3N3O3S. The molecule has 0 fully saturated rings. The molecule has 3 aromatic rings. The molecule has 0 aliphatic carbocycles. The largest absolute Gasteiger partial charge is 0.741 e. The van der Waals surface area contributed by atoms with Crippen LogP contribution in [0, 0.1) is 62.3 Å². The van der Waals surface area contributed by atoms with Crippen LogP contribution in [-0.4, -0.2) is 42.1 Å². The smallest absolute Gasteiger partial charge is 0.485 e. The minimum absolute atomic E-state index is 1.06. The Bertz CT molecular complexity index is 1590. The zero-order valence-electron chi connectivity index (χ0n) is 24.5. The van der Waals surface area contributed by atoms with Crippen LogP contribution in [0.5, 0.6) is 0 Å². The van der Waals surface area contributed by atoms with Crippen molar-refractivity contribution in [2.45, 2.75) is 67.8 Å². The van der Waals surface area contributed by atoms with Gasteiger partial charge in [-0.25, -0.2) is 8.42 Å². The number of aryl methyl sites for hydroxylation is 9. The van der Waals surface area contributed by atoms with Crippen LogP contribution >= 0.6 is 9.95 Å². The van der Waals surface area contributed by atoms with E-state index in [4.69, 9.17) is 22.9 Å². The third kappa shape index (κ3) is 6.93. The molecule has 0 bridgehead atoms. The molecule has 6 nitrogen and oxygen atoms in total. The SMILES string of the molecule is Cc1cc(C)c(NC2=[N+](c3c(C)cc(C)cc3C)[As](Cl)N2c2c(C)cc(C)cc2C)c(C)c1.O=S(=O)([O-])C(F)(F)F. The first-order chi connectivity index (χ1) is 18.7. The van der Waals surface area contributed by atoms with Gasteiger partial charge in [0.15, 0.2) is 10.1 Å². The predicted molar refractivity (Wildman–Crippen MR) is 160 cm³/mol. The third-order valence-corrected chi connectivity index (χ3v) is 11.8. The third-order valence-electron chi connectivity index (χ3n) is 6.62. The molecule has 1 aliphatic rings. The Morgan fingerprint density at radius 3 is 1.46 bits per heavy atom. The number of hydrogen-bond acceptors (Lipinski definition) is 5. The van der Waals surface area contributed by atoms with Crippen molar-refractivity contribution in [2.75, 3.05) is 9.13 Å². The molecule has 1 unspecified atom stereocenters. The van der Waals surface area contributed by atoms with E-state index in [9.17, 15) is 13.2 Å². The van der Waals surface area contributed by atoms with E-state index in [0.717, 1.165) is 11.6 Å². The van der Waals surface area contributed by atoms with Crippen LogP contribution in [0.3, 0.4) is 0 Å². The Morgan fingerprint density at radius 2 is 1.10 bits per heavy atom. The standard InChI is InChI=1S/C28H33AsClN3.CHF3O3S/c1-16-10-19(4)25(20(5)11-16)31-28-32(26-21(6)12-17(2)13-22(26)7)29(30)33(28)27-23(8)14-18(3)15-24(27)9;2-1(3,4)8(5,6)7/h10-15H,1-9H3;(H,5,6,7). The molecule has 0 aromatic heterocycles. The second-order valence-corrected chi connectivity index (χ2v) is 16.1. The molecule has 12 heteroatoms. The van der Waals surface area contributed by atoms with Crippen molar-refractivity contribution in [3.63, 3.8) is 0 Å². The second-order valence-electron chi connectivity index (χ2n) is 10.5. The zero-order chi connectivity index (χ0) is 31.2. The fourth-order valence-electron chi connectivity index (χ4n) is 5.28. The number of halogens is 4. The number of guanidine groups is 1. The van der Waals surface area contributed by atoms with Gasteiger partial charge in [-0.2, -0.15) is 13.2 Å². The van der Waals surface area contributed by atoms with E-state index in [1.165, 1.54) is 61.4 Å². The summed E-state index contributed by atoms with van der Waals surface area (Å²) in [5, 5.41) is 3.83. The first-order valence-electron chi connectivity index (χ1n) is 12.7. The van der Waals surface area contributed by atoms with Crippen LogP contribution in [0.2, 0.25) is 0 Å². The predicted octanol–water partition coefficient (Wildman–Crippen LogP) is 7.37. The van der Waals surface area contributed by atoms with Gasteiger partial charge in [-0.15, -0.1) is 0 Å². The molecule has 0 spiro atoms. The van der Waals surface area contributed by atoms with Crippen molar-refractivity contribution < 1.29 is 29.6 Å². The number of alkyl halides is 3. The molecule has 0 radical (unpaired) electrons. The van der Waals surface area contributed by atoms with Crippen LogP contribution < -0.4 is 9.13 Å². The average molecular weight is 672 g/mol. The zero-order valence-corrected chi connectivity index (χ0v) is 27.9. The van der Waals surface area contributed by atoms with Gasteiger partial charge in [-0.1, -0.05) is 0 Å². The maximum absolute atomic E-state index is 10.7. The summed E-state index contributed by atoms with van der Waals surface area (Å²) < 4.78 is 63.7. The van der Waals surface area contributed by atoms with Crippen molar-refractivity contribution >= 4 is 57.3 Å². The molecule has 3 aromatic carbocycles. The summed E-state index contributed by atoms with van der Waals surface area (Å²) in [5.74, 6) is 1.06. The number of benzene rings is 3. The van der Waals surface area contributed by atoms with E-state index in [2.05, 4.69) is 111 Å². The van der Waals surface area contributed by atoms with Crippen LogP contribution in [0.1, 0.15) is 50.1 Å². The van der Waals surface area contributed by atoms with Gasteiger partial charge in [0.25, 0.3) is 0 Å². The van der Waals surface area contributed by atoms with Crippen molar-refractivity contribution in [1.29, 1.82) is 0 Å². The quantitative estimate of drug-likeness (QED) is 0.179. The fraction of sp³-hybridized carbons (Fsp3) is 0.345. The summed E-state index contributed by atoms with van der Waals surface area (Å²) in [6.45, 7) is 19.6.